The predicted octanol–water partition coefficient (Wildman–Crippen LogP) is 1.74. The standard InChI is InChI=1S/C13H16ClN3O/c14-11-7-10(12(18)9-1-2-9)8-16-13(11)17-5-3-15-4-6-17/h7-9,15H,1-6H2. The number of rotatable bonds is 3. The summed E-state index contributed by atoms with van der Waals surface area (Å²) in [7, 11) is 0. The van der Waals surface area contributed by atoms with Gasteiger partial charge in [0, 0.05) is 43.9 Å². The summed E-state index contributed by atoms with van der Waals surface area (Å²) in [6.45, 7) is 3.70. The van der Waals surface area contributed by atoms with Crippen LogP contribution in [0, 0.1) is 5.92 Å². The quantitative estimate of drug-likeness (QED) is 0.846. The van der Waals surface area contributed by atoms with Gasteiger partial charge in [0.1, 0.15) is 5.82 Å². The van der Waals surface area contributed by atoms with Crippen LogP contribution in [-0.4, -0.2) is 36.9 Å². The minimum Gasteiger partial charge on any atom is -0.353 e. The molecule has 96 valence electrons. The van der Waals surface area contributed by atoms with Gasteiger partial charge in [-0.2, -0.15) is 0 Å². The number of carbonyl (C=O) groups is 1. The highest BCUT2D eigenvalue weighted by molar-refractivity contribution is 6.33. The van der Waals surface area contributed by atoms with E-state index in [9.17, 15) is 4.79 Å². The minimum atomic E-state index is 0.191. The highest BCUT2D eigenvalue weighted by Gasteiger charge is 2.31. The fourth-order valence-electron chi connectivity index (χ4n) is 2.26. The first kappa shape index (κ1) is 11.9. The minimum absolute atomic E-state index is 0.191. The van der Waals surface area contributed by atoms with Crippen LogP contribution in [-0.2, 0) is 0 Å². The lowest BCUT2D eigenvalue weighted by Crippen LogP contribution is -2.44. The van der Waals surface area contributed by atoms with Crippen LogP contribution in [0.15, 0.2) is 12.3 Å². The maximum atomic E-state index is 11.9. The first-order valence-electron chi connectivity index (χ1n) is 6.41. The molecular formula is C13H16ClN3O. The van der Waals surface area contributed by atoms with Crippen molar-refractivity contribution in [3.63, 3.8) is 0 Å². The summed E-state index contributed by atoms with van der Waals surface area (Å²) in [5.41, 5.74) is 0.654. The van der Waals surface area contributed by atoms with Gasteiger partial charge in [-0.3, -0.25) is 4.79 Å². The molecule has 5 heteroatoms. The summed E-state index contributed by atoms with van der Waals surface area (Å²) in [4.78, 5) is 18.5. The topological polar surface area (TPSA) is 45.2 Å². The Labute approximate surface area is 111 Å². The lowest BCUT2D eigenvalue weighted by Gasteiger charge is -2.29. The van der Waals surface area contributed by atoms with Crippen molar-refractivity contribution >= 4 is 23.2 Å². The van der Waals surface area contributed by atoms with E-state index in [0.717, 1.165) is 44.8 Å². The van der Waals surface area contributed by atoms with E-state index in [0.29, 0.717) is 10.6 Å². The molecule has 1 aromatic rings. The van der Waals surface area contributed by atoms with Crippen LogP contribution in [0.1, 0.15) is 23.2 Å². The predicted molar refractivity (Wildman–Crippen MR) is 71.4 cm³/mol. The van der Waals surface area contributed by atoms with Gasteiger partial charge in [-0.05, 0) is 18.9 Å². The Morgan fingerprint density at radius 1 is 1.39 bits per heavy atom. The summed E-state index contributed by atoms with van der Waals surface area (Å²) in [5.74, 6) is 1.20. The Morgan fingerprint density at radius 2 is 2.11 bits per heavy atom. The van der Waals surface area contributed by atoms with Crippen molar-refractivity contribution in [3.8, 4) is 0 Å². The lowest BCUT2D eigenvalue weighted by molar-refractivity contribution is 0.0967. The van der Waals surface area contributed by atoms with Crippen molar-refractivity contribution in [2.75, 3.05) is 31.1 Å². The Balaban J connectivity index is 1.81. The third-order valence-corrected chi connectivity index (χ3v) is 3.75. The van der Waals surface area contributed by atoms with Gasteiger partial charge >= 0.3 is 0 Å². The van der Waals surface area contributed by atoms with Crippen LogP contribution in [0.4, 0.5) is 5.82 Å². The summed E-state index contributed by atoms with van der Waals surface area (Å²) in [6.07, 6.45) is 3.69. The van der Waals surface area contributed by atoms with Gasteiger partial charge in [0.25, 0.3) is 0 Å². The number of halogens is 1. The molecule has 0 radical (unpaired) electrons. The van der Waals surface area contributed by atoms with E-state index >= 15 is 0 Å². The Bertz CT molecular complexity index is 467. The monoisotopic (exact) mass is 265 g/mol. The SMILES string of the molecule is O=C(c1cnc(N2CCNCC2)c(Cl)c1)C1CC1. The van der Waals surface area contributed by atoms with Gasteiger partial charge < -0.3 is 10.2 Å². The van der Waals surface area contributed by atoms with E-state index in [1.165, 1.54) is 0 Å². The zero-order chi connectivity index (χ0) is 12.5. The number of ketones is 1. The molecule has 0 atom stereocenters. The van der Waals surface area contributed by atoms with Crippen LogP contribution >= 0.6 is 11.6 Å². The smallest absolute Gasteiger partial charge is 0.167 e. The fraction of sp³-hybridized carbons (Fsp3) is 0.538. The first-order valence-corrected chi connectivity index (χ1v) is 6.79. The summed E-state index contributed by atoms with van der Waals surface area (Å²) in [5, 5.41) is 3.88. The number of nitrogens with one attached hydrogen (secondary N) is 1. The van der Waals surface area contributed by atoms with Gasteiger partial charge in [-0.1, -0.05) is 11.6 Å². The molecule has 1 N–H and O–H groups in total. The molecule has 3 rings (SSSR count). The lowest BCUT2D eigenvalue weighted by atomic mass is 10.1. The molecule has 1 saturated heterocycles. The molecule has 1 saturated carbocycles. The molecule has 0 aromatic carbocycles. The van der Waals surface area contributed by atoms with Crippen LogP contribution < -0.4 is 10.2 Å². The van der Waals surface area contributed by atoms with Crippen molar-refractivity contribution in [3.05, 3.63) is 22.8 Å². The van der Waals surface area contributed by atoms with E-state index in [4.69, 9.17) is 11.6 Å². The van der Waals surface area contributed by atoms with E-state index in [2.05, 4.69) is 15.2 Å². The van der Waals surface area contributed by atoms with E-state index in [-0.39, 0.29) is 11.7 Å². The van der Waals surface area contributed by atoms with Gasteiger partial charge in [-0.15, -0.1) is 0 Å². The number of hydrogen-bond donors (Lipinski definition) is 1. The van der Waals surface area contributed by atoms with Crippen LogP contribution in [0.5, 0.6) is 0 Å². The highest BCUT2D eigenvalue weighted by atomic mass is 35.5. The third kappa shape index (κ3) is 2.35. The number of Topliss-reactive ketones (excluding diaryl/α,β-unsaturated/α-hetero) is 1. The molecule has 1 aliphatic heterocycles. The largest absolute Gasteiger partial charge is 0.353 e. The third-order valence-electron chi connectivity index (χ3n) is 3.47. The summed E-state index contributed by atoms with van der Waals surface area (Å²) < 4.78 is 0. The number of nitrogens with zero attached hydrogens (tertiary/aromatic N) is 2. The number of piperazine rings is 1. The first-order chi connectivity index (χ1) is 8.75. The second kappa shape index (κ2) is 4.86. The maximum Gasteiger partial charge on any atom is 0.167 e. The van der Waals surface area contributed by atoms with Crippen molar-refractivity contribution in [2.24, 2.45) is 5.92 Å². The molecule has 4 nitrogen and oxygen atoms in total. The maximum absolute atomic E-state index is 11.9. The average molecular weight is 266 g/mol. The number of aromatic nitrogens is 1. The van der Waals surface area contributed by atoms with Crippen LogP contribution in [0.3, 0.4) is 0 Å². The zero-order valence-electron chi connectivity index (χ0n) is 10.2. The number of carbonyl (C=O) groups excluding carboxylic acids is 1. The van der Waals surface area contributed by atoms with Gasteiger partial charge in [0.15, 0.2) is 5.78 Å². The normalized spacial score (nSPS) is 19.9. The van der Waals surface area contributed by atoms with Crippen molar-refractivity contribution in [2.45, 2.75) is 12.8 Å². The molecular weight excluding hydrogens is 250 g/mol. The average Bonchev–Trinajstić information content (AvgIpc) is 3.23. The second-order valence-electron chi connectivity index (χ2n) is 4.90. The van der Waals surface area contributed by atoms with Crippen LogP contribution in [0.25, 0.3) is 0 Å². The van der Waals surface area contributed by atoms with E-state index in [1.807, 2.05) is 0 Å². The molecule has 0 amide bonds. The van der Waals surface area contributed by atoms with Crippen LogP contribution in [0.2, 0.25) is 5.02 Å². The molecule has 0 spiro atoms. The highest BCUT2D eigenvalue weighted by Crippen LogP contribution is 2.34. The molecule has 0 bridgehead atoms. The number of hydrogen-bond acceptors (Lipinski definition) is 4. The fourth-order valence-corrected chi connectivity index (χ4v) is 2.54. The number of pyridine rings is 1. The number of anilines is 1. The molecule has 2 heterocycles. The van der Waals surface area contributed by atoms with Gasteiger partial charge in [-0.25, -0.2) is 4.98 Å². The molecule has 1 aromatic heterocycles. The van der Waals surface area contributed by atoms with E-state index in [1.54, 1.807) is 12.3 Å². The Kier molecular flexibility index (Phi) is 3.22. The van der Waals surface area contributed by atoms with Crippen molar-refractivity contribution in [1.82, 2.24) is 10.3 Å². The molecule has 1 aliphatic carbocycles. The molecule has 0 unspecified atom stereocenters. The molecule has 2 aliphatic rings. The Hall–Kier alpha value is -1.13. The van der Waals surface area contributed by atoms with Crippen molar-refractivity contribution in [1.29, 1.82) is 0 Å². The van der Waals surface area contributed by atoms with Crippen molar-refractivity contribution < 1.29 is 4.79 Å². The molecule has 18 heavy (non-hydrogen) atoms. The second-order valence-corrected chi connectivity index (χ2v) is 5.31. The summed E-state index contributed by atoms with van der Waals surface area (Å²) >= 11 is 6.26. The Morgan fingerprint density at radius 3 is 2.72 bits per heavy atom. The van der Waals surface area contributed by atoms with Gasteiger partial charge in [0.05, 0.1) is 5.02 Å². The summed E-state index contributed by atoms with van der Waals surface area (Å²) in [6, 6.07) is 1.77. The van der Waals surface area contributed by atoms with Gasteiger partial charge in [0.2, 0.25) is 0 Å². The molecule has 2 fully saturated rings. The van der Waals surface area contributed by atoms with E-state index < -0.39 is 0 Å². The zero-order valence-corrected chi connectivity index (χ0v) is 10.9.